The molecule has 2 rings (SSSR count). The molecule has 128 valence electrons. The van der Waals surface area contributed by atoms with Crippen LogP contribution in [0, 0.1) is 13.8 Å². The second-order valence-corrected chi connectivity index (χ2v) is 7.58. The van der Waals surface area contributed by atoms with Crippen molar-refractivity contribution < 1.29 is 13.2 Å². The van der Waals surface area contributed by atoms with E-state index in [4.69, 9.17) is 0 Å². The number of sulfonamides is 1. The second kappa shape index (κ2) is 7.59. The molecule has 0 aliphatic rings. The Kier molecular flexibility index (Phi) is 5.75. The zero-order valence-electron chi connectivity index (χ0n) is 14.1. The first-order chi connectivity index (χ1) is 11.3. The Bertz CT molecular complexity index is 845. The van der Waals surface area contributed by atoms with Crippen LogP contribution in [0.15, 0.2) is 47.4 Å². The highest BCUT2D eigenvalue weighted by molar-refractivity contribution is 7.89. The molecule has 24 heavy (non-hydrogen) atoms. The zero-order chi connectivity index (χ0) is 17.7. The van der Waals surface area contributed by atoms with Crippen LogP contribution in [0.2, 0.25) is 0 Å². The van der Waals surface area contributed by atoms with Gasteiger partial charge in [0.05, 0.1) is 4.90 Å². The molecule has 2 aromatic rings. The van der Waals surface area contributed by atoms with Crippen LogP contribution >= 0.6 is 0 Å². The van der Waals surface area contributed by atoms with Gasteiger partial charge >= 0.3 is 0 Å². The molecule has 2 N–H and O–H groups in total. The number of benzene rings is 2. The first-order valence-corrected chi connectivity index (χ1v) is 9.20. The molecule has 2 aromatic carbocycles. The van der Waals surface area contributed by atoms with Gasteiger partial charge in [-0.2, -0.15) is 0 Å². The van der Waals surface area contributed by atoms with Crippen molar-refractivity contribution in [2.45, 2.75) is 31.6 Å². The van der Waals surface area contributed by atoms with Crippen molar-refractivity contribution in [3.05, 3.63) is 59.2 Å². The van der Waals surface area contributed by atoms with E-state index in [2.05, 4.69) is 16.1 Å². The summed E-state index contributed by atoms with van der Waals surface area (Å²) in [6, 6.07) is 12.9. The molecule has 0 radical (unpaired) electrons. The standard InChI is InChI=1S/C18H22N2O3S/c1-13-5-4-6-15(11-13)8-10-18(21)20-16-9-7-14(2)17(12-16)24(22,23)19-3/h4-7,9,11-12,19H,8,10H2,1-3H3,(H,20,21). The Labute approximate surface area is 143 Å². The first kappa shape index (κ1) is 18.2. The van der Waals surface area contributed by atoms with Crippen LogP contribution in [0.25, 0.3) is 0 Å². The highest BCUT2D eigenvalue weighted by atomic mass is 32.2. The fourth-order valence-electron chi connectivity index (χ4n) is 2.43. The predicted octanol–water partition coefficient (Wildman–Crippen LogP) is 2.78. The normalized spacial score (nSPS) is 11.3. The molecule has 0 heterocycles. The molecule has 0 saturated carbocycles. The fraction of sp³-hybridized carbons (Fsp3) is 0.278. The van der Waals surface area contributed by atoms with Crippen LogP contribution < -0.4 is 10.0 Å². The van der Waals surface area contributed by atoms with Gasteiger partial charge in [-0.05, 0) is 50.6 Å². The molecule has 0 aromatic heterocycles. The van der Waals surface area contributed by atoms with Crippen molar-refractivity contribution >= 4 is 21.6 Å². The topological polar surface area (TPSA) is 75.3 Å². The lowest BCUT2D eigenvalue weighted by molar-refractivity contribution is -0.116. The van der Waals surface area contributed by atoms with Crippen LogP contribution in [-0.4, -0.2) is 21.4 Å². The first-order valence-electron chi connectivity index (χ1n) is 7.71. The van der Waals surface area contributed by atoms with Crippen LogP contribution in [0.4, 0.5) is 5.69 Å². The highest BCUT2D eigenvalue weighted by Crippen LogP contribution is 2.20. The van der Waals surface area contributed by atoms with E-state index in [1.54, 1.807) is 19.1 Å². The fourth-order valence-corrected chi connectivity index (χ4v) is 3.42. The molecule has 5 nitrogen and oxygen atoms in total. The van der Waals surface area contributed by atoms with Gasteiger partial charge in [0.1, 0.15) is 0 Å². The molecular formula is C18H22N2O3S. The van der Waals surface area contributed by atoms with Gasteiger partial charge in [-0.25, -0.2) is 13.1 Å². The number of aryl methyl sites for hydroxylation is 3. The van der Waals surface area contributed by atoms with E-state index in [9.17, 15) is 13.2 Å². The number of nitrogens with one attached hydrogen (secondary N) is 2. The number of carbonyl (C=O) groups excluding carboxylic acids is 1. The van der Waals surface area contributed by atoms with Gasteiger partial charge in [-0.3, -0.25) is 4.79 Å². The van der Waals surface area contributed by atoms with E-state index in [0.717, 1.165) is 11.1 Å². The third-order valence-corrected chi connectivity index (χ3v) is 5.31. The number of carbonyl (C=O) groups is 1. The van der Waals surface area contributed by atoms with Gasteiger partial charge in [0.2, 0.25) is 15.9 Å². The lowest BCUT2D eigenvalue weighted by Crippen LogP contribution is -2.20. The van der Waals surface area contributed by atoms with Crippen LogP contribution in [0.3, 0.4) is 0 Å². The average Bonchev–Trinajstić information content (AvgIpc) is 2.54. The summed E-state index contributed by atoms with van der Waals surface area (Å²) in [7, 11) is -2.19. The van der Waals surface area contributed by atoms with Crippen molar-refractivity contribution in [2.75, 3.05) is 12.4 Å². The molecular weight excluding hydrogens is 324 g/mol. The Balaban J connectivity index is 2.05. The summed E-state index contributed by atoms with van der Waals surface area (Å²) in [5.41, 5.74) is 3.37. The minimum absolute atomic E-state index is 0.145. The quantitative estimate of drug-likeness (QED) is 0.844. The van der Waals surface area contributed by atoms with Crippen LogP contribution in [-0.2, 0) is 21.2 Å². The van der Waals surface area contributed by atoms with E-state index >= 15 is 0 Å². The van der Waals surface area contributed by atoms with Crippen molar-refractivity contribution in [1.82, 2.24) is 4.72 Å². The molecule has 0 fully saturated rings. The Morgan fingerprint density at radius 3 is 2.50 bits per heavy atom. The van der Waals surface area contributed by atoms with Crippen molar-refractivity contribution in [3.63, 3.8) is 0 Å². The maximum atomic E-state index is 12.1. The predicted molar refractivity (Wildman–Crippen MR) is 95.6 cm³/mol. The SMILES string of the molecule is CNS(=O)(=O)c1cc(NC(=O)CCc2cccc(C)c2)ccc1C. The summed E-state index contributed by atoms with van der Waals surface area (Å²) < 4.78 is 26.2. The molecule has 0 spiro atoms. The number of rotatable bonds is 6. The molecule has 0 aliphatic carbocycles. The summed E-state index contributed by atoms with van der Waals surface area (Å²) in [6.45, 7) is 3.73. The monoisotopic (exact) mass is 346 g/mol. The zero-order valence-corrected chi connectivity index (χ0v) is 14.9. The van der Waals surface area contributed by atoms with E-state index < -0.39 is 10.0 Å². The van der Waals surface area contributed by atoms with Gasteiger partial charge in [-0.15, -0.1) is 0 Å². The lowest BCUT2D eigenvalue weighted by Gasteiger charge is -2.10. The summed E-state index contributed by atoms with van der Waals surface area (Å²) >= 11 is 0. The molecule has 0 bridgehead atoms. The number of amides is 1. The van der Waals surface area contributed by atoms with E-state index in [1.165, 1.54) is 13.1 Å². The van der Waals surface area contributed by atoms with E-state index in [-0.39, 0.29) is 10.8 Å². The lowest BCUT2D eigenvalue weighted by atomic mass is 10.1. The summed E-state index contributed by atoms with van der Waals surface area (Å²) in [5.74, 6) is -0.145. The molecule has 6 heteroatoms. The van der Waals surface area contributed by atoms with Gasteiger partial charge < -0.3 is 5.32 Å². The van der Waals surface area contributed by atoms with Crippen LogP contribution in [0.1, 0.15) is 23.1 Å². The van der Waals surface area contributed by atoms with Crippen LogP contribution in [0.5, 0.6) is 0 Å². The van der Waals surface area contributed by atoms with Gasteiger partial charge in [0.25, 0.3) is 0 Å². The highest BCUT2D eigenvalue weighted by Gasteiger charge is 2.15. The maximum absolute atomic E-state index is 12.1. The Morgan fingerprint density at radius 1 is 1.08 bits per heavy atom. The molecule has 0 saturated heterocycles. The van der Waals surface area contributed by atoms with Gasteiger partial charge in [0.15, 0.2) is 0 Å². The third-order valence-electron chi connectivity index (χ3n) is 3.75. The second-order valence-electron chi connectivity index (χ2n) is 5.73. The van der Waals surface area contributed by atoms with E-state index in [1.807, 2.05) is 25.1 Å². The Morgan fingerprint density at radius 2 is 1.83 bits per heavy atom. The largest absolute Gasteiger partial charge is 0.326 e. The van der Waals surface area contributed by atoms with Gasteiger partial charge in [0, 0.05) is 12.1 Å². The Hall–Kier alpha value is -2.18. The van der Waals surface area contributed by atoms with E-state index in [0.29, 0.717) is 24.1 Å². The molecule has 0 aliphatic heterocycles. The van der Waals surface area contributed by atoms with Crippen molar-refractivity contribution in [1.29, 1.82) is 0 Å². The minimum Gasteiger partial charge on any atom is -0.326 e. The summed E-state index contributed by atoms with van der Waals surface area (Å²) in [6.07, 6.45) is 0.979. The maximum Gasteiger partial charge on any atom is 0.240 e. The number of anilines is 1. The molecule has 0 unspecified atom stereocenters. The average molecular weight is 346 g/mol. The minimum atomic E-state index is -3.55. The third kappa shape index (κ3) is 4.66. The molecule has 1 amide bonds. The van der Waals surface area contributed by atoms with Gasteiger partial charge in [-0.1, -0.05) is 35.9 Å². The summed E-state index contributed by atoms with van der Waals surface area (Å²) in [5, 5.41) is 2.76. The number of hydrogen-bond acceptors (Lipinski definition) is 3. The smallest absolute Gasteiger partial charge is 0.240 e. The van der Waals surface area contributed by atoms with Crippen molar-refractivity contribution in [2.24, 2.45) is 0 Å². The summed E-state index contributed by atoms with van der Waals surface area (Å²) in [4.78, 5) is 12.3. The number of hydrogen-bond donors (Lipinski definition) is 2. The molecule has 0 atom stereocenters. The van der Waals surface area contributed by atoms with Crippen molar-refractivity contribution in [3.8, 4) is 0 Å².